The van der Waals surface area contributed by atoms with Crippen molar-refractivity contribution in [1.82, 2.24) is 0 Å². The number of carbonyl (C=O) groups is 6. The maximum Gasteiger partial charge on any atom is 0.321 e. The normalized spacial score (nSPS) is 17.3. The Morgan fingerprint density at radius 2 is 1.15 bits per heavy atom. The van der Waals surface area contributed by atoms with Gasteiger partial charge >= 0.3 is 35.8 Å². The highest BCUT2D eigenvalue weighted by Crippen LogP contribution is 2.29. The number of ether oxygens (including phenoxy) is 2. The number of esters is 2. The molecule has 0 aromatic heterocycles. The molecule has 0 aliphatic rings. The smallest absolute Gasteiger partial charge is 0.321 e. The Hall–Kier alpha value is -3.30. The summed E-state index contributed by atoms with van der Waals surface area (Å²) in [5, 5.41) is 57.0. The standard InChI is InChI=1S/C31H53NO14/c1-5-10-18(3)27(46-31(44)22(29(41)42)16-26(37)38)24(45-30(43)21(28(39)40)15-25(35)36)13-17(2)11-8-6-7-9-12-20(33)14-23(34)19(4)32/h17-24,27,33-34H,5-16,32H2,1-4H3,(H,35,36)(H,37,38)(H,39,40)(H,41,42). The van der Waals surface area contributed by atoms with Gasteiger partial charge in [0.1, 0.15) is 12.2 Å². The number of carbonyl (C=O) groups excluding carboxylic acids is 2. The van der Waals surface area contributed by atoms with Gasteiger partial charge in [0.25, 0.3) is 0 Å². The first-order valence-electron chi connectivity index (χ1n) is 15.8. The third-order valence-corrected chi connectivity index (χ3v) is 7.85. The van der Waals surface area contributed by atoms with Crippen LogP contribution in [0.3, 0.4) is 0 Å². The van der Waals surface area contributed by atoms with E-state index < -0.39 is 96.9 Å². The minimum atomic E-state index is -2.04. The fraction of sp³-hybridized carbons (Fsp3) is 0.806. The molecule has 0 rings (SSSR count). The zero-order valence-corrected chi connectivity index (χ0v) is 27.2. The Bertz CT molecular complexity index is 986. The number of hydrogen-bond acceptors (Lipinski definition) is 11. The van der Waals surface area contributed by atoms with Crippen LogP contribution in [0.5, 0.6) is 0 Å². The molecule has 0 heterocycles. The topological polar surface area (TPSA) is 268 Å². The molecular weight excluding hydrogens is 610 g/mol. The van der Waals surface area contributed by atoms with Gasteiger partial charge in [0.2, 0.25) is 0 Å². The lowest BCUT2D eigenvalue weighted by Crippen LogP contribution is -2.44. The Morgan fingerprint density at radius 1 is 0.674 bits per heavy atom. The highest BCUT2D eigenvalue weighted by Gasteiger charge is 2.40. The summed E-state index contributed by atoms with van der Waals surface area (Å²) in [7, 11) is 0. The van der Waals surface area contributed by atoms with E-state index in [1.54, 1.807) is 13.8 Å². The van der Waals surface area contributed by atoms with Crippen molar-refractivity contribution >= 4 is 35.8 Å². The Labute approximate surface area is 269 Å². The van der Waals surface area contributed by atoms with Crippen LogP contribution in [0, 0.1) is 23.7 Å². The Balaban J connectivity index is 5.82. The molecule has 9 atom stereocenters. The molecule has 0 aliphatic heterocycles. The van der Waals surface area contributed by atoms with Crippen LogP contribution in [0.2, 0.25) is 0 Å². The van der Waals surface area contributed by atoms with Gasteiger partial charge in [0, 0.05) is 12.5 Å². The van der Waals surface area contributed by atoms with Gasteiger partial charge in [0.05, 0.1) is 25.0 Å². The lowest BCUT2D eigenvalue weighted by atomic mass is 9.88. The molecule has 0 saturated carbocycles. The van der Waals surface area contributed by atoms with Gasteiger partial charge in [0.15, 0.2) is 11.8 Å². The average Bonchev–Trinajstić information content (AvgIpc) is 2.94. The van der Waals surface area contributed by atoms with Crippen molar-refractivity contribution in [2.45, 2.75) is 135 Å². The predicted molar refractivity (Wildman–Crippen MR) is 162 cm³/mol. The van der Waals surface area contributed by atoms with Gasteiger partial charge in [-0.25, -0.2) is 0 Å². The summed E-state index contributed by atoms with van der Waals surface area (Å²) in [6, 6.07) is -0.442. The van der Waals surface area contributed by atoms with Crippen LogP contribution < -0.4 is 5.73 Å². The molecule has 0 saturated heterocycles. The molecule has 0 aromatic carbocycles. The van der Waals surface area contributed by atoms with Crippen molar-refractivity contribution < 1.29 is 68.9 Å². The molecule has 0 aliphatic carbocycles. The van der Waals surface area contributed by atoms with Crippen molar-refractivity contribution in [2.75, 3.05) is 0 Å². The van der Waals surface area contributed by atoms with Crippen LogP contribution >= 0.6 is 0 Å². The van der Waals surface area contributed by atoms with E-state index in [4.69, 9.17) is 25.4 Å². The minimum Gasteiger partial charge on any atom is -0.481 e. The van der Waals surface area contributed by atoms with Gasteiger partial charge in [-0.05, 0) is 38.0 Å². The van der Waals surface area contributed by atoms with Crippen LogP contribution in [0.25, 0.3) is 0 Å². The molecule has 15 nitrogen and oxygen atoms in total. The summed E-state index contributed by atoms with van der Waals surface area (Å²) >= 11 is 0. The molecule has 0 spiro atoms. The zero-order valence-electron chi connectivity index (χ0n) is 27.2. The number of aliphatic carboxylic acids is 4. The first kappa shape index (κ1) is 42.7. The second-order valence-electron chi connectivity index (χ2n) is 12.3. The number of aliphatic hydroxyl groups excluding tert-OH is 2. The van der Waals surface area contributed by atoms with Crippen molar-refractivity contribution in [3.05, 3.63) is 0 Å². The van der Waals surface area contributed by atoms with Crippen molar-refractivity contribution in [2.24, 2.45) is 29.4 Å². The average molecular weight is 664 g/mol. The molecular formula is C31H53NO14. The number of carboxylic acid groups (broad SMARTS) is 4. The molecule has 0 amide bonds. The zero-order chi connectivity index (χ0) is 35.6. The van der Waals surface area contributed by atoms with Crippen LogP contribution in [0.15, 0.2) is 0 Å². The van der Waals surface area contributed by atoms with E-state index >= 15 is 0 Å². The summed E-state index contributed by atoms with van der Waals surface area (Å²) in [6.45, 7) is 6.98. The number of rotatable bonds is 26. The van der Waals surface area contributed by atoms with E-state index in [-0.39, 0.29) is 18.8 Å². The number of aliphatic hydroxyl groups is 2. The SMILES string of the molecule is CCCC(C)C(OC(=O)C(CC(=O)O)C(=O)O)C(CC(C)CCCCCCC(O)CC(O)C(C)N)OC(=O)C(CC(=O)O)C(=O)O. The summed E-state index contributed by atoms with van der Waals surface area (Å²) in [5.41, 5.74) is 5.62. The first-order chi connectivity index (χ1) is 21.4. The maximum absolute atomic E-state index is 12.9. The Morgan fingerprint density at radius 3 is 1.59 bits per heavy atom. The van der Waals surface area contributed by atoms with E-state index in [1.165, 1.54) is 0 Å². The van der Waals surface area contributed by atoms with Gasteiger partial charge in [-0.15, -0.1) is 0 Å². The quantitative estimate of drug-likeness (QED) is 0.0398. The summed E-state index contributed by atoms with van der Waals surface area (Å²) in [5.74, 6) is -14.1. The van der Waals surface area contributed by atoms with Gasteiger partial charge in [-0.1, -0.05) is 59.3 Å². The second kappa shape index (κ2) is 22.3. The summed E-state index contributed by atoms with van der Waals surface area (Å²) in [6.07, 6.45) is -0.740. The van der Waals surface area contributed by atoms with E-state index in [2.05, 4.69) is 0 Å². The van der Waals surface area contributed by atoms with E-state index in [0.717, 1.165) is 25.7 Å². The second-order valence-corrected chi connectivity index (χ2v) is 12.3. The number of hydrogen-bond donors (Lipinski definition) is 7. The van der Waals surface area contributed by atoms with Gasteiger partial charge in [-0.2, -0.15) is 0 Å². The van der Waals surface area contributed by atoms with Crippen LogP contribution in [-0.2, 0) is 38.2 Å². The number of carboxylic acids is 4. The van der Waals surface area contributed by atoms with Crippen molar-refractivity contribution in [3.63, 3.8) is 0 Å². The fourth-order valence-corrected chi connectivity index (χ4v) is 5.12. The van der Waals surface area contributed by atoms with Crippen molar-refractivity contribution in [1.29, 1.82) is 0 Å². The van der Waals surface area contributed by atoms with Gasteiger partial charge < -0.3 is 45.8 Å². The highest BCUT2D eigenvalue weighted by molar-refractivity contribution is 5.98. The fourth-order valence-electron chi connectivity index (χ4n) is 5.12. The lowest BCUT2D eigenvalue weighted by Gasteiger charge is -2.33. The molecule has 0 aromatic rings. The van der Waals surface area contributed by atoms with E-state index in [1.807, 2.05) is 13.8 Å². The van der Waals surface area contributed by atoms with E-state index in [0.29, 0.717) is 25.7 Å². The molecule has 0 radical (unpaired) electrons. The predicted octanol–water partition coefficient (Wildman–Crippen LogP) is 2.42. The third kappa shape index (κ3) is 17.4. The largest absolute Gasteiger partial charge is 0.481 e. The van der Waals surface area contributed by atoms with Crippen LogP contribution in [0.1, 0.15) is 105 Å². The first-order valence-corrected chi connectivity index (χ1v) is 15.8. The monoisotopic (exact) mass is 663 g/mol. The molecule has 15 heteroatoms. The molecule has 0 bridgehead atoms. The lowest BCUT2D eigenvalue weighted by molar-refractivity contribution is -0.185. The van der Waals surface area contributed by atoms with Crippen molar-refractivity contribution in [3.8, 4) is 0 Å². The van der Waals surface area contributed by atoms with Gasteiger partial charge in [-0.3, -0.25) is 28.8 Å². The van der Waals surface area contributed by atoms with E-state index in [9.17, 15) is 49.2 Å². The number of nitrogens with two attached hydrogens (primary N) is 1. The molecule has 46 heavy (non-hydrogen) atoms. The Kier molecular flexibility index (Phi) is 20.7. The van der Waals surface area contributed by atoms with Crippen LogP contribution in [-0.4, -0.2) is 96.9 Å². The molecule has 0 fully saturated rings. The molecule has 8 N–H and O–H groups in total. The highest BCUT2D eigenvalue weighted by atomic mass is 16.6. The molecule has 9 unspecified atom stereocenters. The van der Waals surface area contributed by atoms with Crippen LogP contribution in [0.4, 0.5) is 0 Å². The third-order valence-electron chi connectivity index (χ3n) is 7.85. The molecule has 266 valence electrons. The summed E-state index contributed by atoms with van der Waals surface area (Å²) in [4.78, 5) is 71.6. The maximum atomic E-state index is 12.9. The minimum absolute atomic E-state index is 0.0572. The number of unbranched alkanes of at least 4 members (excludes halogenated alkanes) is 3. The summed E-state index contributed by atoms with van der Waals surface area (Å²) < 4.78 is 11.1.